The smallest absolute Gasteiger partial charge is 0.220 e. The Morgan fingerprint density at radius 1 is 1.32 bits per heavy atom. The summed E-state index contributed by atoms with van der Waals surface area (Å²) in [5, 5.41) is 2.90. The molecule has 22 heavy (non-hydrogen) atoms. The monoisotopic (exact) mass is 307 g/mol. The molecule has 124 valence electrons. The zero-order valence-electron chi connectivity index (χ0n) is 14.0. The highest BCUT2D eigenvalue weighted by molar-refractivity contribution is 5.75. The summed E-state index contributed by atoms with van der Waals surface area (Å²) in [6.45, 7) is 4.18. The number of ether oxygens (including phenoxy) is 1. The van der Waals surface area contributed by atoms with Gasteiger partial charge in [-0.3, -0.25) is 4.79 Å². The van der Waals surface area contributed by atoms with E-state index in [1.54, 1.807) is 0 Å². The Balaban J connectivity index is 2.25. The molecule has 1 unspecified atom stereocenters. The van der Waals surface area contributed by atoms with E-state index in [1.807, 2.05) is 31.2 Å². The first-order valence-corrected chi connectivity index (χ1v) is 7.86. The molecule has 0 aliphatic rings. The molecule has 1 aromatic carbocycles. The lowest BCUT2D eigenvalue weighted by molar-refractivity contribution is -0.121. The van der Waals surface area contributed by atoms with Crippen LogP contribution in [0.5, 0.6) is 5.75 Å². The Bertz CT molecular complexity index is 430. The zero-order chi connectivity index (χ0) is 16.4. The molecule has 0 saturated heterocycles. The largest absolute Gasteiger partial charge is 0.494 e. The van der Waals surface area contributed by atoms with E-state index in [2.05, 4.69) is 24.3 Å². The predicted molar refractivity (Wildman–Crippen MR) is 89.8 cm³/mol. The predicted octanol–water partition coefficient (Wildman–Crippen LogP) is 1.76. The second kappa shape index (κ2) is 10.2. The Labute approximate surface area is 133 Å². The minimum Gasteiger partial charge on any atom is -0.494 e. The van der Waals surface area contributed by atoms with Gasteiger partial charge < -0.3 is 20.7 Å². The fraction of sp³-hybridized carbons (Fsp3) is 0.588. The molecule has 1 atom stereocenters. The van der Waals surface area contributed by atoms with Crippen LogP contribution < -0.4 is 15.8 Å². The molecule has 1 aromatic rings. The van der Waals surface area contributed by atoms with E-state index in [0.29, 0.717) is 26.0 Å². The standard InChI is InChI=1S/C17H29N3O2/c1-14(18)5-10-17(21)19-13-15-6-8-16(9-7-15)22-12-4-11-20(2)3/h6-9,14H,4-5,10-13,18H2,1-3H3,(H,19,21). The molecular weight excluding hydrogens is 278 g/mol. The maximum Gasteiger partial charge on any atom is 0.220 e. The highest BCUT2D eigenvalue weighted by Crippen LogP contribution is 2.12. The molecule has 3 N–H and O–H groups in total. The van der Waals surface area contributed by atoms with Gasteiger partial charge in [0.25, 0.3) is 0 Å². The average Bonchev–Trinajstić information content (AvgIpc) is 2.48. The summed E-state index contributed by atoms with van der Waals surface area (Å²) in [5.41, 5.74) is 6.70. The second-order valence-corrected chi connectivity index (χ2v) is 5.94. The van der Waals surface area contributed by atoms with Crippen LogP contribution in [0.25, 0.3) is 0 Å². The third-order valence-corrected chi connectivity index (χ3v) is 3.26. The molecule has 0 radical (unpaired) electrons. The summed E-state index contributed by atoms with van der Waals surface area (Å²) < 4.78 is 5.67. The van der Waals surface area contributed by atoms with E-state index in [-0.39, 0.29) is 11.9 Å². The Morgan fingerprint density at radius 2 is 2.00 bits per heavy atom. The van der Waals surface area contributed by atoms with Crippen molar-refractivity contribution in [3.63, 3.8) is 0 Å². The summed E-state index contributed by atoms with van der Waals surface area (Å²) in [6, 6.07) is 7.91. The quantitative estimate of drug-likeness (QED) is 0.646. The van der Waals surface area contributed by atoms with Crippen LogP contribution in [-0.4, -0.2) is 44.1 Å². The van der Waals surface area contributed by atoms with Crippen molar-refractivity contribution in [1.82, 2.24) is 10.2 Å². The fourth-order valence-corrected chi connectivity index (χ4v) is 1.92. The molecule has 0 saturated carbocycles. The van der Waals surface area contributed by atoms with E-state index in [4.69, 9.17) is 10.5 Å². The Morgan fingerprint density at radius 3 is 2.59 bits per heavy atom. The fourth-order valence-electron chi connectivity index (χ4n) is 1.92. The minimum absolute atomic E-state index is 0.0429. The maximum absolute atomic E-state index is 11.6. The van der Waals surface area contributed by atoms with Gasteiger partial charge in [-0.05, 0) is 51.6 Å². The molecule has 0 fully saturated rings. The average molecular weight is 307 g/mol. The van der Waals surface area contributed by atoms with Crippen molar-refractivity contribution in [3.05, 3.63) is 29.8 Å². The molecule has 5 nitrogen and oxygen atoms in total. The number of hydrogen-bond donors (Lipinski definition) is 2. The van der Waals surface area contributed by atoms with Crippen molar-refractivity contribution in [3.8, 4) is 5.75 Å². The van der Waals surface area contributed by atoms with Crippen LogP contribution in [0, 0.1) is 0 Å². The number of rotatable bonds is 10. The zero-order valence-corrected chi connectivity index (χ0v) is 14.0. The summed E-state index contributed by atoms with van der Waals surface area (Å²) >= 11 is 0. The summed E-state index contributed by atoms with van der Waals surface area (Å²) in [4.78, 5) is 13.8. The molecule has 1 rings (SSSR count). The molecule has 5 heteroatoms. The highest BCUT2D eigenvalue weighted by atomic mass is 16.5. The number of nitrogens with zero attached hydrogens (tertiary/aromatic N) is 1. The van der Waals surface area contributed by atoms with Crippen molar-refractivity contribution in [1.29, 1.82) is 0 Å². The van der Waals surface area contributed by atoms with Gasteiger partial charge in [-0.15, -0.1) is 0 Å². The summed E-state index contributed by atoms with van der Waals surface area (Å²) in [5.74, 6) is 0.909. The van der Waals surface area contributed by atoms with E-state index in [1.165, 1.54) is 0 Å². The number of hydrogen-bond acceptors (Lipinski definition) is 4. The van der Waals surface area contributed by atoms with Crippen molar-refractivity contribution in [2.75, 3.05) is 27.2 Å². The van der Waals surface area contributed by atoms with E-state index >= 15 is 0 Å². The van der Waals surface area contributed by atoms with E-state index in [9.17, 15) is 4.79 Å². The van der Waals surface area contributed by atoms with Gasteiger partial charge in [0.15, 0.2) is 0 Å². The van der Waals surface area contributed by atoms with Gasteiger partial charge in [0.1, 0.15) is 5.75 Å². The van der Waals surface area contributed by atoms with Gasteiger partial charge in [0, 0.05) is 25.6 Å². The molecule has 0 heterocycles. The van der Waals surface area contributed by atoms with Crippen molar-refractivity contribution < 1.29 is 9.53 Å². The number of nitrogens with one attached hydrogen (secondary N) is 1. The first-order chi connectivity index (χ1) is 10.5. The van der Waals surface area contributed by atoms with Crippen LogP contribution in [0.3, 0.4) is 0 Å². The Hall–Kier alpha value is -1.59. The van der Waals surface area contributed by atoms with Gasteiger partial charge in [-0.25, -0.2) is 0 Å². The highest BCUT2D eigenvalue weighted by Gasteiger charge is 2.03. The van der Waals surface area contributed by atoms with Gasteiger partial charge in [-0.1, -0.05) is 12.1 Å². The summed E-state index contributed by atoms with van der Waals surface area (Å²) in [6.07, 6.45) is 2.20. The lowest BCUT2D eigenvalue weighted by atomic mass is 10.2. The van der Waals surface area contributed by atoms with Crippen LogP contribution in [0.1, 0.15) is 31.7 Å². The van der Waals surface area contributed by atoms with Crippen LogP contribution in [0.2, 0.25) is 0 Å². The van der Waals surface area contributed by atoms with Gasteiger partial charge in [-0.2, -0.15) is 0 Å². The number of carbonyl (C=O) groups excluding carboxylic acids is 1. The summed E-state index contributed by atoms with van der Waals surface area (Å²) in [7, 11) is 4.11. The molecule has 0 spiro atoms. The number of benzene rings is 1. The normalized spacial score (nSPS) is 12.2. The molecule has 0 aliphatic carbocycles. The maximum atomic E-state index is 11.6. The van der Waals surface area contributed by atoms with E-state index in [0.717, 1.165) is 24.3 Å². The second-order valence-electron chi connectivity index (χ2n) is 5.94. The molecule has 1 amide bonds. The van der Waals surface area contributed by atoms with Crippen molar-refractivity contribution in [2.45, 2.75) is 38.8 Å². The molecule has 0 bridgehead atoms. The Kier molecular flexibility index (Phi) is 8.55. The first-order valence-electron chi connectivity index (χ1n) is 7.86. The van der Waals surface area contributed by atoms with Crippen LogP contribution >= 0.6 is 0 Å². The number of nitrogens with two attached hydrogens (primary N) is 1. The lowest BCUT2D eigenvalue weighted by Crippen LogP contribution is -2.25. The van der Waals surface area contributed by atoms with Crippen molar-refractivity contribution in [2.24, 2.45) is 5.73 Å². The van der Waals surface area contributed by atoms with Crippen LogP contribution in [0.15, 0.2) is 24.3 Å². The topological polar surface area (TPSA) is 67.6 Å². The van der Waals surface area contributed by atoms with E-state index < -0.39 is 0 Å². The molecular formula is C17H29N3O2. The SMILES string of the molecule is CC(N)CCC(=O)NCc1ccc(OCCCN(C)C)cc1. The van der Waals surface area contributed by atoms with Gasteiger partial charge >= 0.3 is 0 Å². The lowest BCUT2D eigenvalue weighted by Gasteiger charge is -2.11. The third-order valence-electron chi connectivity index (χ3n) is 3.26. The third kappa shape index (κ3) is 8.64. The first kappa shape index (κ1) is 18.5. The minimum atomic E-state index is 0.0429. The van der Waals surface area contributed by atoms with Gasteiger partial charge in [0.2, 0.25) is 5.91 Å². The van der Waals surface area contributed by atoms with Crippen LogP contribution in [0.4, 0.5) is 0 Å². The molecule has 0 aromatic heterocycles. The van der Waals surface area contributed by atoms with Gasteiger partial charge in [0.05, 0.1) is 6.61 Å². The number of carbonyl (C=O) groups is 1. The van der Waals surface area contributed by atoms with Crippen molar-refractivity contribution >= 4 is 5.91 Å². The van der Waals surface area contributed by atoms with Crippen LogP contribution in [-0.2, 0) is 11.3 Å². The molecule has 0 aliphatic heterocycles. The number of amides is 1.